The molecule has 2 fully saturated rings. The Balaban J connectivity index is 1.47. The van der Waals surface area contributed by atoms with Gasteiger partial charge in [0.05, 0.1) is 12.1 Å². The number of hydrogen-bond acceptors (Lipinski definition) is 5. The highest BCUT2D eigenvalue weighted by Gasteiger charge is 2.42. The number of ether oxygens (including phenoxy) is 1. The molecule has 0 bridgehead atoms. The van der Waals surface area contributed by atoms with Gasteiger partial charge in [0.2, 0.25) is 11.8 Å². The topological polar surface area (TPSA) is 93.9 Å². The van der Waals surface area contributed by atoms with E-state index < -0.39 is 11.9 Å². The molecule has 2 aromatic rings. The molecule has 3 amide bonds. The second-order valence-electron chi connectivity index (χ2n) is 9.39. The van der Waals surface area contributed by atoms with Crippen LogP contribution >= 0.6 is 11.6 Å². The average molecular weight is 527 g/mol. The molecule has 0 N–H and O–H groups in total. The summed E-state index contributed by atoms with van der Waals surface area (Å²) in [6, 6.07) is 14.1. The number of halogens is 2. The minimum Gasteiger partial charge on any atom is -0.410 e. The maximum Gasteiger partial charge on any atom is 0.415 e. The van der Waals surface area contributed by atoms with E-state index in [1.807, 2.05) is 18.2 Å². The van der Waals surface area contributed by atoms with Crippen molar-refractivity contribution in [3.8, 4) is 11.8 Å². The maximum absolute atomic E-state index is 13.5. The largest absolute Gasteiger partial charge is 0.415 e. The SMILES string of the molecule is CN(C(=O)Oc1ccc(F)cc1)[C@@H]1CN(C(=O)C2CCN(C(=O)CC#N)CC2)C[C@H]1c1ccc(Cl)cc1. The summed E-state index contributed by atoms with van der Waals surface area (Å²) in [5.41, 5.74) is 0.947. The van der Waals surface area contributed by atoms with Gasteiger partial charge in [0.15, 0.2) is 0 Å². The average Bonchev–Trinajstić information content (AvgIpc) is 3.35. The molecule has 2 aliphatic rings. The number of carbonyl (C=O) groups excluding carboxylic acids is 3. The van der Waals surface area contributed by atoms with Gasteiger partial charge in [-0.2, -0.15) is 5.26 Å². The van der Waals surface area contributed by atoms with Crippen LogP contribution in [0.15, 0.2) is 48.5 Å². The van der Waals surface area contributed by atoms with E-state index in [4.69, 9.17) is 21.6 Å². The molecule has 0 aromatic heterocycles. The van der Waals surface area contributed by atoms with Crippen LogP contribution < -0.4 is 4.74 Å². The first-order valence-electron chi connectivity index (χ1n) is 12.2. The van der Waals surface area contributed by atoms with E-state index in [0.29, 0.717) is 44.0 Å². The van der Waals surface area contributed by atoms with E-state index in [1.54, 1.807) is 29.0 Å². The Labute approximate surface area is 220 Å². The van der Waals surface area contributed by atoms with E-state index in [9.17, 15) is 18.8 Å². The Kier molecular flexibility index (Phi) is 8.29. The quantitative estimate of drug-likeness (QED) is 0.585. The van der Waals surface area contributed by atoms with E-state index >= 15 is 0 Å². The second kappa shape index (κ2) is 11.6. The third kappa shape index (κ3) is 6.20. The fraction of sp³-hybridized carbons (Fsp3) is 0.407. The molecule has 0 spiro atoms. The molecule has 2 aromatic carbocycles. The van der Waals surface area contributed by atoms with Crippen LogP contribution in [0.5, 0.6) is 5.75 Å². The van der Waals surface area contributed by atoms with Crippen LogP contribution in [0.25, 0.3) is 0 Å². The smallest absolute Gasteiger partial charge is 0.410 e. The van der Waals surface area contributed by atoms with Crippen molar-refractivity contribution >= 4 is 29.5 Å². The highest BCUT2D eigenvalue weighted by atomic mass is 35.5. The molecule has 0 unspecified atom stereocenters. The van der Waals surface area contributed by atoms with E-state index in [2.05, 4.69) is 0 Å². The molecule has 0 aliphatic carbocycles. The zero-order chi connectivity index (χ0) is 26.5. The number of likely N-dealkylation sites (N-methyl/N-ethyl adjacent to an activating group) is 1. The van der Waals surface area contributed by atoms with E-state index in [1.165, 1.54) is 29.2 Å². The highest BCUT2D eigenvalue weighted by Crippen LogP contribution is 2.34. The van der Waals surface area contributed by atoms with Crippen LogP contribution in [0, 0.1) is 23.1 Å². The predicted molar refractivity (Wildman–Crippen MR) is 134 cm³/mol. The first kappa shape index (κ1) is 26.4. The third-order valence-corrected chi connectivity index (χ3v) is 7.38. The molecular weight excluding hydrogens is 499 g/mol. The molecule has 2 atom stereocenters. The van der Waals surface area contributed by atoms with Crippen molar-refractivity contribution in [2.75, 3.05) is 33.2 Å². The van der Waals surface area contributed by atoms with Gasteiger partial charge >= 0.3 is 6.09 Å². The lowest BCUT2D eigenvalue weighted by molar-refractivity contribution is -0.139. The molecule has 4 rings (SSSR count). The molecule has 2 saturated heterocycles. The van der Waals surface area contributed by atoms with Crippen molar-refractivity contribution in [3.05, 3.63) is 64.9 Å². The van der Waals surface area contributed by atoms with Crippen molar-refractivity contribution in [3.63, 3.8) is 0 Å². The highest BCUT2D eigenvalue weighted by molar-refractivity contribution is 6.30. The number of nitrogens with zero attached hydrogens (tertiary/aromatic N) is 4. The van der Waals surface area contributed by atoms with Crippen LogP contribution in [0.1, 0.15) is 30.7 Å². The fourth-order valence-electron chi connectivity index (χ4n) is 5.02. The van der Waals surface area contributed by atoms with Gasteiger partial charge < -0.3 is 19.4 Å². The summed E-state index contributed by atoms with van der Waals surface area (Å²) in [6.07, 6.45) is 0.306. The maximum atomic E-state index is 13.5. The number of carbonyl (C=O) groups is 3. The number of likely N-dealkylation sites (tertiary alicyclic amines) is 2. The molecular formula is C27H28ClFN4O4. The molecule has 37 heavy (non-hydrogen) atoms. The number of hydrogen-bond donors (Lipinski definition) is 0. The van der Waals surface area contributed by atoms with Gasteiger partial charge in [-0.25, -0.2) is 9.18 Å². The molecule has 0 saturated carbocycles. The van der Waals surface area contributed by atoms with Gasteiger partial charge in [-0.15, -0.1) is 0 Å². The Morgan fingerprint density at radius 2 is 1.70 bits per heavy atom. The van der Waals surface area contributed by atoms with E-state index in [-0.39, 0.29) is 41.9 Å². The second-order valence-corrected chi connectivity index (χ2v) is 9.83. The van der Waals surface area contributed by atoms with Gasteiger partial charge in [0, 0.05) is 50.1 Å². The zero-order valence-corrected chi connectivity index (χ0v) is 21.2. The van der Waals surface area contributed by atoms with Crippen molar-refractivity contribution in [2.45, 2.75) is 31.2 Å². The van der Waals surface area contributed by atoms with Gasteiger partial charge in [-0.1, -0.05) is 23.7 Å². The van der Waals surface area contributed by atoms with Crippen molar-refractivity contribution < 1.29 is 23.5 Å². The molecule has 0 radical (unpaired) electrons. The lowest BCUT2D eigenvalue weighted by Gasteiger charge is -2.33. The fourth-order valence-corrected chi connectivity index (χ4v) is 5.15. The van der Waals surface area contributed by atoms with Crippen LogP contribution in [0.3, 0.4) is 0 Å². The predicted octanol–water partition coefficient (Wildman–Crippen LogP) is 4.06. The van der Waals surface area contributed by atoms with Crippen LogP contribution in [0.4, 0.5) is 9.18 Å². The standard InChI is InChI=1S/C27H28ClFN4O4/c1-31(27(36)37-22-8-6-21(29)7-9-22)24-17-33(16-23(24)18-2-4-20(28)5-3-18)26(35)19-11-14-32(15-12-19)25(34)10-13-30/h2-9,19,23-24H,10-12,14-17H2,1H3/t23-,24+/m0/s1. The summed E-state index contributed by atoms with van der Waals surface area (Å²) in [7, 11) is 1.63. The van der Waals surface area contributed by atoms with Crippen LogP contribution in [-0.4, -0.2) is 71.9 Å². The lowest BCUT2D eigenvalue weighted by atomic mass is 9.93. The van der Waals surface area contributed by atoms with Gasteiger partial charge in [0.1, 0.15) is 18.0 Å². The van der Waals surface area contributed by atoms with Crippen LogP contribution in [0.2, 0.25) is 5.02 Å². The minimum atomic E-state index is -0.603. The molecule has 8 nitrogen and oxygen atoms in total. The molecule has 2 heterocycles. The van der Waals surface area contributed by atoms with Crippen LogP contribution in [-0.2, 0) is 9.59 Å². The minimum absolute atomic E-state index is 0.00542. The first-order valence-corrected chi connectivity index (χ1v) is 12.5. The van der Waals surface area contributed by atoms with Crippen molar-refractivity contribution in [1.29, 1.82) is 5.26 Å². The van der Waals surface area contributed by atoms with Gasteiger partial charge in [-0.05, 0) is 54.8 Å². The lowest BCUT2D eigenvalue weighted by Crippen LogP contribution is -2.45. The summed E-state index contributed by atoms with van der Waals surface area (Å²) >= 11 is 6.08. The van der Waals surface area contributed by atoms with Crippen molar-refractivity contribution in [2.24, 2.45) is 5.92 Å². The number of piperidine rings is 1. The summed E-state index contributed by atoms with van der Waals surface area (Å²) in [6.45, 7) is 1.64. The molecule has 2 aliphatic heterocycles. The Morgan fingerprint density at radius 1 is 1.05 bits per heavy atom. The first-order chi connectivity index (χ1) is 17.8. The number of nitriles is 1. The Morgan fingerprint density at radius 3 is 2.32 bits per heavy atom. The third-order valence-electron chi connectivity index (χ3n) is 7.13. The van der Waals surface area contributed by atoms with E-state index in [0.717, 1.165) is 5.56 Å². The normalized spacial score (nSPS) is 19.8. The summed E-state index contributed by atoms with van der Waals surface area (Å²) in [5, 5.41) is 9.36. The number of rotatable bonds is 5. The summed E-state index contributed by atoms with van der Waals surface area (Å²) in [4.78, 5) is 43.4. The number of benzene rings is 2. The zero-order valence-electron chi connectivity index (χ0n) is 20.5. The van der Waals surface area contributed by atoms with Gasteiger partial charge in [-0.3, -0.25) is 9.59 Å². The Bertz CT molecular complexity index is 1180. The van der Waals surface area contributed by atoms with Gasteiger partial charge in [0.25, 0.3) is 0 Å². The molecule has 194 valence electrons. The molecule has 10 heteroatoms. The summed E-state index contributed by atoms with van der Waals surface area (Å²) in [5.74, 6) is -0.810. The van der Waals surface area contributed by atoms with Crippen molar-refractivity contribution in [1.82, 2.24) is 14.7 Å². The summed E-state index contributed by atoms with van der Waals surface area (Å²) < 4.78 is 18.7. The number of amides is 3. The monoisotopic (exact) mass is 526 g/mol. The Hall–Kier alpha value is -3.64.